The van der Waals surface area contributed by atoms with Gasteiger partial charge in [-0.15, -0.1) is 5.10 Å². The predicted molar refractivity (Wildman–Crippen MR) is 57.7 cm³/mol. The van der Waals surface area contributed by atoms with Gasteiger partial charge in [-0.2, -0.15) is 4.98 Å². The van der Waals surface area contributed by atoms with Gasteiger partial charge < -0.3 is 4.74 Å². The normalized spacial score (nSPS) is 10.5. The van der Waals surface area contributed by atoms with Gasteiger partial charge in [-0.1, -0.05) is 0 Å². The number of aromatic nitrogens is 3. The van der Waals surface area contributed by atoms with Gasteiger partial charge in [0.15, 0.2) is 5.82 Å². The first kappa shape index (κ1) is 10.6. The molecule has 0 N–H and O–H groups in total. The third-order valence-electron chi connectivity index (χ3n) is 2.32. The Hall–Kier alpha value is -1.91. The average molecular weight is 221 g/mol. The van der Waals surface area contributed by atoms with Crippen LogP contribution in [0.15, 0.2) is 18.2 Å². The molecule has 84 valence electrons. The van der Waals surface area contributed by atoms with Crippen molar-refractivity contribution in [2.24, 2.45) is 7.05 Å². The lowest BCUT2D eigenvalue weighted by Crippen LogP contribution is -1.95. The molecular formula is C11H12FN3O. The van der Waals surface area contributed by atoms with Crippen LogP contribution in [-0.2, 0) is 7.05 Å². The molecule has 2 rings (SSSR count). The maximum atomic E-state index is 13.1. The fourth-order valence-corrected chi connectivity index (χ4v) is 1.45. The summed E-state index contributed by atoms with van der Waals surface area (Å²) in [5, 5.41) is 4.18. The van der Waals surface area contributed by atoms with Gasteiger partial charge in [0, 0.05) is 12.6 Å². The van der Waals surface area contributed by atoms with Crippen LogP contribution < -0.4 is 4.74 Å². The lowest BCUT2D eigenvalue weighted by molar-refractivity contribution is 0.359. The van der Waals surface area contributed by atoms with Crippen molar-refractivity contribution in [1.82, 2.24) is 14.8 Å². The summed E-state index contributed by atoms with van der Waals surface area (Å²) in [5.41, 5.74) is 1.35. The molecule has 0 radical (unpaired) electrons. The summed E-state index contributed by atoms with van der Waals surface area (Å²) in [6.45, 7) is 1.71. The van der Waals surface area contributed by atoms with Crippen molar-refractivity contribution >= 4 is 0 Å². The maximum absolute atomic E-state index is 13.1. The highest BCUT2D eigenvalue weighted by molar-refractivity contribution is 5.56. The molecule has 0 aliphatic heterocycles. The average Bonchev–Trinajstić information content (AvgIpc) is 2.64. The summed E-state index contributed by atoms with van der Waals surface area (Å²) in [6.07, 6.45) is 0. The van der Waals surface area contributed by atoms with E-state index < -0.39 is 0 Å². The summed E-state index contributed by atoms with van der Waals surface area (Å²) in [6, 6.07) is 5.20. The molecule has 5 heteroatoms. The highest BCUT2D eigenvalue weighted by atomic mass is 19.1. The van der Waals surface area contributed by atoms with E-state index >= 15 is 0 Å². The van der Waals surface area contributed by atoms with Crippen molar-refractivity contribution < 1.29 is 9.13 Å². The second-order valence-corrected chi connectivity index (χ2v) is 3.51. The zero-order valence-electron chi connectivity index (χ0n) is 9.36. The number of nitrogens with zero attached hydrogens (tertiary/aromatic N) is 3. The number of ether oxygens (including phenoxy) is 1. The number of benzene rings is 1. The molecule has 4 nitrogen and oxygen atoms in total. The highest BCUT2D eigenvalue weighted by Gasteiger charge is 2.10. The van der Waals surface area contributed by atoms with E-state index in [-0.39, 0.29) is 5.82 Å². The Morgan fingerprint density at radius 3 is 2.69 bits per heavy atom. The number of halogens is 1. The van der Waals surface area contributed by atoms with Gasteiger partial charge >= 0.3 is 6.01 Å². The standard InChI is InChI=1S/C11H12FN3O/c1-7-6-8(4-5-9(7)12)10-13-11(16-3)15(2)14-10/h4-6H,1-3H3. The Bertz CT molecular complexity index is 522. The van der Waals surface area contributed by atoms with Crippen LogP contribution in [0.2, 0.25) is 0 Å². The van der Waals surface area contributed by atoms with Crippen LogP contribution >= 0.6 is 0 Å². The van der Waals surface area contributed by atoms with E-state index in [2.05, 4.69) is 10.1 Å². The quantitative estimate of drug-likeness (QED) is 0.778. The highest BCUT2D eigenvalue weighted by Crippen LogP contribution is 2.20. The van der Waals surface area contributed by atoms with Crippen LogP contribution in [0, 0.1) is 12.7 Å². The molecule has 0 saturated heterocycles. The van der Waals surface area contributed by atoms with Crippen molar-refractivity contribution in [2.45, 2.75) is 6.92 Å². The molecule has 0 atom stereocenters. The number of hydrogen-bond donors (Lipinski definition) is 0. The SMILES string of the molecule is COc1nc(-c2ccc(F)c(C)c2)nn1C. The molecule has 1 heterocycles. The van der Waals surface area contributed by atoms with Gasteiger partial charge in [-0.05, 0) is 30.7 Å². The summed E-state index contributed by atoms with van der Waals surface area (Å²) in [4.78, 5) is 4.18. The van der Waals surface area contributed by atoms with Crippen LogP contribution in [0.5, 0.6) is 6.01 Å². The molecule has 1 aromatic carbocycles. The molecule has 0 fully saturated rings. The largest absolute Gasteiger partial charge is 0.467 e. The maximum Gasteiger partial charge on any atom is 0.314 e. The first-order valence-electron chi connectivity index (χ1n) is 4.83. The molecule has 0 amide bonds. The van der Waals surface area contributed by atoms with Crippen molar-refractivity contribution in [1.29, 1.82) is 0 Å². The van der Waals surface area contributed by atoms with Crippen molar-refractivity contribution in [3.8, 4) is 17.4 Å². The van der Waals surface area contributed by atoms with E-state index in [1.165, 1.54) is 17.9 Å². The van der Waals surface area contributed by atoms with Crippen molar-refractivity contribution in [2.75, 3.05) is 7.11 Å². The smallest absolute Gasteiger partial charge is 0.314 e. The molecule has 16 heavy (non-hydrogen) atoms. The molecule has 0 bridgehead atoms. The van der Waals surface area contributed by atoms with Crippen molar-refractivity contribution in [3.05, 3.63) is 29.6 Å². The zero-order valence-corrected chi connectivity index (χ0v) is 9.36. The summed E-state index contributed by atoms with van der Waals surface area (Å²) >= 11 is 0. The van der Waals surface area contributed by atoms with Gasteiger partial charge in [0.1, 0.15) is 5.82 Å². The van der Waals surface area contributed by atoms with Crippen molar-refractivity contribution in [3.63, 3.8) is 0 Å². The van der Waals surface area contributed by atoms with E-state index in [4.69, 9.17) is 4.74 Å². The van der Waals surface area contributed by atoms with E-state index in [0.717, 1.165) is 5.56 Å². The Morgan fingerprint density at radius 1 is 1.38 bits per heavy atom. The molecule has 1 aromatic heterocycles. The third kappa shape index (κ3) is 1.76. The van der Waals surface area contributed by atoms with Crippen LogP contribution in [0.25, 0.3) is 11.4 Å². The molecular weight excluding hydrogens is 209 g/mol. The Labute approximate surface area is 92.7 Å². The minimum absolute atomic E-state index is 0.230. The fraction of sp³-hybridized carbons (Fsp3) is 0.273. The number of rotatable bonds is 2. The van der Waals surface area contributed by atoms with Gasteiger partial charge in [-0.25, -0.2) is 9.07 Å². The predicted octanol–water partition coefficient (Wildman–Crippen LogP) is 1.94. The molecule has 0 saturated carbocycles. The number of hydrogen-bond acceptors (Lipinski definition) is 3. The second-order valence-electron chi connectivity index (χ2n) is 3.51. The van der Waals surface area contributed by atoms with Gasteiger partial charge in [-0.3, -0.25) is 0 Å². The van der Waals surface area contributed by atoms with Crippen LogP contribution in [-0.4, -0.2) is 21.9 Å². The van der Waals surface area contributed by atoms with E-state index in [1.807, 2.05) is 0 Å². The second kappa shape index (κ2) is 3.92. The van der Waals surface area contributed by atoms with Crippen LogP contribution in [0.3, 0.4) is 0 Å². The number of aryl methyl sites for hydroxylation is 2. The minimum Gasteiger partial charge on any atom is -0.467 e. The summed E-state index contributed by atoms with van der Waals surface area (Å²) < 4.78 is 19.6. The fourth-order valence-electron chi connectivity index (χ4n) is 1.45. The third-order valence-corrected chi connectivity index (χ3v) is 2.32. The molecule has 0 aliphatic rings. The van der Waals surface area contributed by atoms with E-state index in [0.29, 0.717) is 17.4 Å². The molecule has 0 unspecified atom stereocenters. The molecule has 2 aromatic rings. The summed E-state index contributed by atoms with van der Waals surface area (Å²) in [5.74, 6) is 0.300. The lowest BCUT2D eigenvalue weighted by atomic mass is 10.1. The Balaban J connectivity index is 2.46. The van der Waals surface area contributed by atoms with Gasteiger partial charge in [0.2, 0.25) is 0 Å². The van der Waals surface area contributed by atoms with Gasteiger partial charge in [0.05, 0.1) is 7.11 Å². The molecule has 0 aliphatic carbocycles. The lowest BCUT2D eigenvalue weighted by Gasteiger charge is -1.98. The first-order valence-corrected chi connectivity index (χ1v) is 4.83. The van der Waals surface area contributed by atoms with Crippen LogP contribution in [0.1, 0.15) is 5.56 Å². The topological polar surface area (TPSA) is 39.9 Å². The minimum atomic E-state index is -0.230. The van der Waals surface area contributed by atoms with E-state index in [9.17, 15) is 4.39 Å². The van der Waals surface area contributed by atoms with Crippen LogP contribution in [0.4, 0.5) is 4.39 Å². The first-order chi connectivity index (χ1) is 7.61. The summed E-state index contributed by atoms with van der Waals surface area (Å²) in [7, 11) is 3.27. The monoisotopic (exact) mass is 221 g/mol. The van der Waals surface area contributed by atoms with E-state index in [1.54, 1.807) is 26.1 Å². The zero-order chi connectivity index (χ0) is 11.7. The Kier molecular flexibility index (Phi) is 2.60. The number of methoxy groups -OCH3 is 1. The molecule has 0 spiro atoms. The Morgan fingerprint density at radius 2 is 2.12 bits per heavy atom. The van der Waals surface area contributed by atoms with Gasteiger partial charge in [0.25, 0.3) is 0 Å².